The largest absolute Gasteiger partial charge is 0.497 e. The quantitative estimate of drug-likeness (QED) is 0.690. The number of alkyl halides is 3. The Bertz CT molecular complexity index is 1090. The molecule has 3 rings (SSSR count). The molecule has 0 bridgehead atoms. The first-order valence-corrected chi connectivity index (χ1v) is 7.74. The smallest absolute Gasteiger partial charge is 0.425 e. The van der Waals surface area contributed by atoms with Crippen molar-refractivity contribution in [3.63, 3.8) is 0 Å². The van der Waals surface area contributed by atoms with E-state index in [4.69, 9.17) is 4.74 Å². The van der Waals surface area contributed by atoms with E-state index in [0.29, 0.717) is 10.3 Å². The summed E-state index contributed by atoms with van der Waals surface area (Å²) in [6, 6.07) is 5.55. The molecule has 0 fully saturated rings. The lowest BCUT2D eigenvalue weighted by Gasteiger charge is -2.29. The average molecular weight is 398 g/mol. The van der Waals surface area contributed by atoms with E-state index in [-0.39, 0.29) is 5.69 Å². The number of halogens is 3. The van der Waals surface area contributed by atoms with E-state index in [0.717, 1.165) is 6.92 Å². The van der Waals surface area contributed by atoms with Crippen LogP contribution in [0, 0.1) is 0 Å². The molecule has 0 saturated heterocycles. The van der Waals surface area contributed by atoms with Crippen LogP contribution in [-0.4, -0.2) is 34.7 Å². The summed E-state index contributed by atoms with van der Waals surface area (Å²) in [7, 11) is 1.39. The minimum absolute atomic E-state index is 0.0550. The fourth-order valence-corrected chi connectivity index (χ4v) is 3.02. The SMILES string of the molecule is COc1ccc(-n2c3c(c(=O)[nH]c2=O)[C@](NC(C)=O)(C(F)(F)F)C(=O)N3)cc1. The van der Waals surface area contributed by atoms with Gasteiger partial charge in [0.2, 0.25) is 11.4 Å². The molecule has 1 aliphatic heterocycles. The second-order valence-electron chi connectivity index (χ2n) is 5.90. The van der Waals surface area contributed by atoms with E-state index < -0.39 is 46.2 Å². The average Bonchev–Trinajstić information content (AvgIpc) is 2.88. The highest BCUT2D eigenvalue weighted by Gasteiger charge is 2.68. The first-order valence-electron chi connectivity index (χ1n) is 7.74. The number of fused-ring (bicyclic) bond motifs is 1. The van der Waals surface area contributed by atoms with E-state index in [1.54, 1.807) is 4.98 Å². The second-order valence-corrected chi connectivity index (χ2v) is 5.90. The van der Waals surface area contributed by atoms with Gasteiger partial charge in [-0.25, -0.2) is 9.36 Å². The summed E-state index contributed by atoms with van der Waals surface area (Å²) >= 11 is 0. The Hall–Kier alpha value is -3.57. The van der Waals surface area contributed by atoms with Gasteiger partial charge in [0, 0.05) is 6.92 Å². The van der Waals surface area contributed by atoms with Crippen LogP contribution in [-0.2, 0) is 15.1 Å². The van der Waals surface area contributed by atoms with Gasteiger partial charge in [-0.15, -0.1) is 0 Å². The Kier molecular flexibility index (Phi) is 4.29. The molecule has 1 atom stereocenters. The highest BCUT2D eigenvalue weighted by Crippen LogP contribution is 2.45. The van der Waals surface area contributed by atoms with Crippen LogP contribution >= 0.6 is 0 Å². The molecule has 9 nitrogen and oxygen atoms in total. The molecule has 2 heterocycles. The summed E-state index contributed by atoms with van der Waals surface area (Å²) in [5.74, 6) is -3.18. The van der Waals surface area contributed by atoms with Crippen LogP contribution in [0.25, 0.3) is 5.69 Å². The summed E-state index contributed by atoms with van der Waals surface area (Å²) in [6.07, 6.45) is -5.36. The summed E-state index contributed by atoms with van der Waals surface area (Å²) in [6.45, 7) is 0.770. The summed E-state index contributed by atoms with van der Waals surface area (Å²) in [4.78, 5) is 50.1. The molecule has 3 N–H and O–H groups in total. The number of methoxy groups -OCH3 is 1. The van der Waals surface area contributed by atoms with Crippen LogP contribution in [0.5, 0.6) is 5.75 Å². The molecule has 28 heavy (non-hydrogen) atoms. The minimum atomic E-state index is -5.36. The Morgan fingerprint density at radius 1 is 1.18 bits per heavy atom. The first-order chi connectivity index (χ1) is 13.0. The lowest BCUT2D eigenvalue weighted by Crippen LogP contribution is -2.61. The van der Waals surface area contributed by atoms with Gasteiger partial charge < -0.3 is 15.4 Å². The predicted molar refractivity (Wildman–Crippen MR) is 89.4 cm³/mol. The van der Waals surface area contributed by atoms with Crippen molar-refractivity contribution in [2.24, 2.45) is 0 Å². The van der Waals surface area contributed by atoms with Crippen molar-refractivity contribution in [3.05, 3.63) is 50.7 Å². The number of H-pyrrole nitrogens is 1. The number of rotatable bonds is 3. The second kappa shape index (κ2) is 6.25. The van der Waals surface area contributed by atoms with Crippen molar-refractivity contribution in [1.82, 2.24) is 14.9 Å². The van der Waals surface area contributed by atoms with Gasteiger partial charge in [0.05, 0.1) is 12.8 Å². The van der Waals surface area contributed by atoms with E-state index in [1.807, 2.05) is 5.32 Å². The summed E-state index contributed by atoms with van der Waals surface area (Å²) in [5.41, 5.74) is -7.23. The van der Waals surface area contributed by atoms with Gasteiger partial charge in [-0.1, -0.05) is 0 Å². The van der Waals surface area contributed by atoms with E-state index in [9.17, 15) is 32.3 Å². The van der Waals surface area contributed by atoms with Gasteiger partial charge >= 0.3 is 11.9 Å². The van der Waals surface area contributed by atoms with Crippen molar-refractivity contribution < 1.29 is 27.5 Å². The van der Waals surface area contributed by atoms with Gasteiger partial charge in [-0.3, -0.25) is 19.4 Å². The Labute approximate surface area is 154 Å². The van der Waals surface area contributed by atoms with Crippen molar-refractivity contribution in [2.45, 2.75) is 18.6 Å². The van der Waals surface area contributed by atoms with Gasteiger partial charge in [-0.05, 0) is 24.3 Å². The molecule has 1 aliphatic rings. The molecule has 1 aromatic heterocycles. The topological polar surface area (TPSA) is 122 Å². The lowest BCUT2D eigenvalue weighted by molar-refractivity contribution is -0.200. The minimum Gasteiger partial charge on any atom is -0.497 e. The number of amides is 2. The monoisotopic (exact) mass is 398 g/mol. The molecule has 148 valence electrons. The highest BCUT2D eigenvalue weighted by molar-refractivity contribution is 6.07. The number of benzene rings is 1. The van der Waals surface area contributed by atoms with Gasteiger partial charge in [0.15, 0.2) is 0 Å². The number of aromatic amines is 1. The van der Waals surface area contributed by atoms with Crippen molar-refractivity contribution in [3.8, 4) is 11.4 Å². The van der Waals surface area contributed by atoms with Crippen molar-refractivity contribution in [2.75, 3.05) is 12.4 Å². The molecule has 12 heteroatoms. The Balaban J connectivity index is 2.37. The molecule has 0 radical (unpaired) electrons. The van der Waals surface area contributed by atoms with Gasteiger partial charge in [-0.2, -0.15) is 13.2 Å². The molecule has 2 aromatic rings. The molecule has 1 aromatic carbocycles. The standard InChI is InChI=1S/C16H13F3N4O5/c1-7(24)22-15(16(17,18)19)10-11(20-13(15)26)23(14(27)21-12(10)25)8-3-5-9(28-2)6-4-8/h3-6H,1-2H3,(H,20,26)(H,22,24)(H,21,25,27)/t15-/m1/s1. The zero-order valence-corrected chi connectivity index (χ0v) is 14.4. The number of hydrogen-bond donors (Lipinski definition) is 3. The molecule has 0 unspecified atom stereocenters. The number of carbonyl (C=O) groups excluding carboxylic acids is 2. The summed E-state index contributed by atoms with van der Waals surface area (Å²) < 4.78 is 47.3. The van der Waals surface area contributed by atoms with Crippen LogP contribution in [0.2, 0.25) is 0 Å². The maximum absolute atomic E-state index is 13.9. The number of nitrogens with zero attached hydrogens (tertiary/aromatic N) is 1. The predicted octanol–water partition coefficient (Wildman–Crippen LogP) is 0.380. The molecule has 0 saturated carbocycles. The third kappa shape index (κ3) is 2.64. The number of ether oxygens (including phenoxy) is 1. The van der Waals surface area contributed by atoms with Gasteiger partial charge in [0.1, 0.15) is 17.1 Å². The van der Waals surface area contributed by atoms with E-state index >= 15 is 0 Å². The van der Waals surface area contributed by atoms with Crippen LogP contribution in [0.3, 0.4) is 0 Å². The van der Waals surface area contributed by atoms with Gasteiger partial charge in [0.25, 0.3) is 11.5 Å². The molecule has 0 aliphatic carbocycles. The molecule has 0 spiro atoms. The van der Waals surface area contributed by atoms with E-state index in [1.165, 1.54) is 36.7 Å². The number of carbonyl (C=O) groups is 2. The fraction of sp³-hybridized carbons (Fsp3) is 0.250. The van der Waals surface area contributed by atoms with Crippen LogP contribution < -0.4 is 26.6 Å². The number of hydrogen-bond acceptors (Lipinski definition) is 5. The lowest BCUT2D eigenvalue weighted by atomic mass is 9.92. The van der Waals surface area contributed by atoms with Crippen LogP contribution in [0.4, 0.5) is 19.0 Å². The maximum atomic E-state index is 13.9. The highest BCUT2D eigenvalue weighted by atomic mass is 19.4. The summed E-state index contributed by atoms with van der Waals surface area (Å²) in [5, 5.41) is 3.44. The first kappa shape index (κ1) is 19.2. The molecule has 2 amide bonds. The molecular formula is C16H13F3N4O5. The normalized spacial score (nSPS) is 18.4. The fourth-order valence-electron chi connectivity index (χ4n) is 3.02. The zero-order valence-electron chi connectivity index (χ0n) is 14.4. The third-order valence-electron chi connectivity index (χ3n) is 4.18. The Morgan fingerprint density at radius 3 is 2.29 bits per heavy atom. The number of aromatic nitrogens is 2. The van der Waals surface area contributed by atoms with Crippen molar-refractivity contribution in [1.29, 1.82) is 0 Å². The third-order valence-corrected chi connectivity index (χ3v) is 4.18. The molecular weight excluding hydrogens is 385 g/mol. The van der Waals surface area contributed by atoms with Crippen molar-refractivity contribution >= 4 is 17.6 Å². The van der Waals surface area contributed by atoms with Crippen LogP contribution in [0.15, 0.2) is 33.9 Å². The number of nitrogens with one attached hydrogen (secondary N) is 3. The zero-order chi connectivity index (χ0) is 20.9. The van der Waals surface area contributed by atoms with E-state index in [2.05, 4.69) is 0 Å². The Morgan fingerprint density at radius 2 is 1.79 bits per heavy atom. The van der Waals surface area contributed by atoms with Crippen LogP contribution in [0.1, 0.15) is 12.5 Å². The maximum Gasteiger partial charge on any atom is 0.425 e. The number of anilines is 1.